The number of nitrogens with one attached hydrogen (secondary N) is 1. The van der Waals surface area contributed by atoms with E-state index in [1.54, 1.807) is 36.0 Å². The van der Waals surface area contributed by atoms with Gasteiger partial charge in [-0.2, -0.15) is 0 Å². The van der Waals surface area contributed by atoms with E-state index in [1.807, 2.05) is 36.4 Å². The van der Waals surface area contributed by atoms with Crippen molar-refractivity contribution in [2.24, 2.45) is 29.6 Å². The van der Waals surface area contributed by atoms with Gasteiger partial charge in [-0.05, 0) is 83.8 Å². The molecule has 212 valence electrons. The summed E-state index contributed by atoms with van der Waals surface area (Å²) in [6.45, 7) is 0.404. The molecule has 1 saturated heterocycles. The van der Waals surface area contributed by atoms with Crippen molar-refractivity contribution >= 4 is 63.8 Å². The normalized spacial score (nSPS) is 29.0. The fourth-order valence-electron chi connectivity index (χ4n) is 7.80. The summed E-state index contributed by atoms with van der Waals surface area (Å²) in [5.41, 5.74) is 2.65. The molecule has 2 aliphatic heterocycles. The molecule has 2 aliphatic carbocycles. The molecule has 8 rings (SSSR count). The molecule has 2 amide bonds. The fourth-order valence-corrected chi connectivity index (χ4v) is 11.0. The third-order valence-electron chi connectivity index (χ3n) is 9.34. The van der Waals surface area contributed by atoms with Crippen LogP contribution in [0.5, 0.6) is 5.75 Å². The Kier molecular flexibility index (Phi) is 6.34. The maximum Gasteiger partial charge on any atom is 0.305 e. The van der Waals surface area contributed by atoms with E-state index in [1.165, 1.54) is 16.2 Å². The highest BCUT2D eigenvalue weighted by atomic mass is 35.5. The number of benzene rings is 3. The van der Waals surface area contributed by atoms with Gasteiger partial charge in [-0.15, -0.1) is 11.8 Å². The topological polar surface area (TPSA) is 79.5 Å². The van der Waals surface area contributed by atoms with Crippen LogP contribution in [0.3, 0.4) is 0 Å². The average molecular weight is 636 g/mol. The number of halogens is 2. The molecule has 10 heteroatoms. The monoisotopic (exact) mass is 634 g/mol. The molecule has 42 heavy (non-hydrogen) atoms. The zero-order chi connectivity index (χ0) is 28.7. The fraction of sp³-hybridized carbons (Fsp3) is 0.281. The van der Waals surface area contributed by atoms with Crippen LogP contribution in [0.2, 0.25) is 10.0 Å². The van der Waals surface area contributed by atoms with Gasteiger partial charge in [0.1, 0.15) is 12.4 Å². The summed E-state index contributed by atoms with van der Waals surface area (Å²) in [5, 5.41) is 2.27. The number of aromatic amines is 1. The van der Waals surface area contributed by atoms with Gasteiger partial charge in [-0.1, -0.05) is 58.8 Å². The van der Waals surface area contributed by atoms with Gasteiger partial charge < -0.3 is 9.72 Å². The van der Waals surface area contributed by atoms with E-state index in [2.05, 4.69) is 17.1 Å². The molecule has 4 aromatic rings. The number of imide groups is 1. The summed E-state index contributed by atoms with van der Waals surface area (Å²) >= 11 is 15.1. The molecule has 0 unspecified atom stereocenters. The Bertz CT molecular complexity index is 1790. The van der Waals surface area contributed by atoms with E-state index in [0.717, 1.165) is 33.2 Å². The molecule has 0 spiro atoms. The first-order valence-electron chi connectivity index (χ1n) is 13.9. The number of thiazole rings is 1. The smallest absolute Gasteiger partial charge is 0.305 e. The van der Waals surface area contributed by atoms with Crippen molar-refractivity contribution in [3.05, 3.63) is 109 Å². The lowest BCUT2D eigenvalue weighted by atomic mass is 9.68. The van der Waals surface area contributed by atoms with Gasteiger partial charge in [0.15, 0.2) is 0 Å². The summed E-state index contributed by atoms with van der Waals surface area (Å²) in [7, 11) is 0. The van der Waals surface area contributed by atoms with Crippen LogP contribution in [0.4, 0.5) is 5.69 Å². The van der Waals surface area contributed by atoms with Crippen LogP contribution >= 0.6 is 46.3 Å². The molecule has 6 nitrogen and oxygen atoms in total. The van der Waals surface area contributed by atoms with Crippen molar-refractivity contribution in [2.75, 3.05) is 4.90 Å². The highest BCUT2D eigenvalue weighted by molar-refractivity contribution is 8.00. The molecule has 4 aliphatic rings. The van der Waals surface area contributed by atoms with Crippen LogP contribution in [-0.4, -0.2) is 22.0 Å². The van der Waals surface area contributed by atoms with Crippen LogP contribution in [0.1, 0.15) is 28.3 Å². The Morgan fingerprint density at radius 2 is 1.62 bits per heavy atom. The number of amides is 2. The summed E-state index contributed by atoms with van der Waals surface area (Å²) in [5.74, 6) is 0.0680. The third kappa shape index (κ3) is 4.10. The van der Waals surface area contributed by atoms with Gasteiger partial charge >= 0.3 is 4.87 Å². The molecule has 2 bridgehead atoms. The Morgan fingerprint density at radius 3 is 2.36 bits per heavy atom. The van der Waals surface area contributed by atoms with Crippen molar-refractivity contribution in [1.82, 2.24) is 4.98 Å². The Labute approximate surface area is 260 Å². The number of carbonyl (C=O) groups is 2. The number of ether oxygens (including phenoxy) is 1. The first kappa shape index (κ1) is 26.6. The third-order valence-corrected chi connectivity index (χ3v) is 12.4. The van der Waals surface area contributed by atoms with E-state index in [9.17, 15) is 14.4 Å². The minimum atomic E-state index is -0.347. The van der Waals surface area contributed by atoms with Gasteiger partial charge in [0.05, 0.1) is 22.5 Å². The summed E-state index contributed by atoms with van der Waals surface area (Å²) in [4.78, 5) is 45.6. The number of aromatic nitrogens is 1. The van der Waals surface area contributed by atoms with Crippen LogP contribution in [0, 0.1) is 29.6 Å². The molecule has 7 atom stereocenters. The van der Waals surface area contributed by atoms with E-state index >= 15 is 0 Å². The molecule has 3 fully saturated rings. The van der Waals surface area contributed by atoms with E-state index < -0.39 is 0 Å². The highest BCUT2D eigenvalue weighted by Gasteiger charge is 2.69. The highest BCUT2D eigenvalue weighted by Crippen LogP contribution is 2.68. The summed E-state index contributed by atoms with van der Waals surface area (Å²) in [6, 6.07) is 22.6. The maximum absolute atomic E-state index is 13.9. The number of carbonyl (C=O) groups excluding carboxylic acids is 2. The molecule has 1 aromatic heterocycles. The second kappa shape index (κ2) is 10.0. The molecule has 2 saturated carbocycles. The lowest BCUT2D eigenvalue weighted by Crippen LogP contribution is -2.42. The van der Waals surface area contributed by atoms with Gasteiger partial charge in [-0.3, -0.25) is 19.3 Å². The van der Waals surface area contributed by atoms with Gasteiger partial charge in [0.25, 0.3) is 0 Å². The van der Waals surface area contributed by atoms with Crippen molar-refractivity contribution in [3.8, 4) is 5.75 Å². The lowest BCUT2D eigenvalue weighted by Gasteiger charge is -2.43. The van der Waals surface area contributed by atoms with E-state index in [0.29, 0.717) is 22.3 Å². The molecular formula is C32H24Cl2N2O4S2. The first-order valence-corrected chi connectivity index (χ1v) is 16.3. The van der Waals surface area contributed by atoms with Crippen LogP contribution in [0.25, 0.3) is 0 Å². The van der Waals surface area contributed by atoms with Crippen molar-refractivity contribution in [2.45, 2.75) is 29.2 Å². The van der Waals surface area contributed by atoms with Gasteiger partial charge in [0.2, 0.25) is 11.8 Å². The van der Waals surface area contributed by atoms with Crippen molar-refractivity contribution < 1.29 is 14.3 Å². The largest absolute Gasteiger partial charge is 0.489 e. The lowest BCUT2D eigenvalue weighted by molar-refractivity contribution is -0.123. The van der Waals surface area contributed by atoms with Crippen LogP contribution in [0.15, 0.2) is 82.6 Å². The predicted molar refractivity (Wildman–Crippen MR) is 165 cm³/mol. The standard InChI is InChI=1S/C32H24Cl2N2O4S2/c33-17-6-8-19(9-7-17)36-30(37)25-21-13-22(26(25)31(36)38)27-24(21)23(28-29(41-27)35-32(39)42-28)16-4-10-20(11-5-16)40-14-15-2-1-3-18(34)12-15/h1-12,21-27H,13-14H2,(H,35,39)/t21-,22-,23+,24+,25+,26+,27-/m1/s1. The number of H-pyrrole nitrogens is 1. The average Bonchev–Trinajstić information content (AvgIpc) is 3.72. The predicted octanol–water partition coefficient (Wildman–Crippen LogP) is 7.00. The number of fused-ring (bicyclic) bond motifs is 9. The summed E-state index contributed by atoms with van der Waals surface area (Å²) < 4.78 is 6.03. The number of thioether (sulfide) groups is 1. The Balaban J connectivity index is 1.11. The van der Waals surface area contributed by atoms with E-state index in [-0.39, 0.29) is 57.4 Å². The number of hydrogen-bond donors (Lipinski definition) is 1. The molecule has 3 heterocycles. The summed E-state index contributed by atoms with van der Waals surface area (Å²) in [6.07, 6.45) is 0.847. The zero-order valence-corrected chi connectivity index (χ0v) is 25.2. The number of hydrogen-bond acceptors (Lipinski definition) is 6. The molecule has 3 aromatic carbocycles. The number of anilines is 1. The minimum Gasteiger partial charge on any atom is -0.489 e. The Hall–Kier alpha value is -3.04. The van der Waals surface area contributed by atoms with E-state index in [4.69, 9.17) is 27.9 Å². The molecular weight excluding hydrogens is 611 g/mol. The second-order valence-corrected chi connectivity index (χ2v) is 14.5. The van der Waals surface area contributed by atoms with Crippen LogP contribution in [-0.2, 0) is 16.2 Å². The molecule has 1 N–H and O–H groups in total. The second-order valence-electron chi connectivity index (χ2n) is 11.4. The maximum atomic E-state index is 13.9. The van der Waals surface area contributed by atoms with Crippen molar-refractivity contribution in [3.63, 3.8) is 0 Å². The quantitative estimate of drug-likeness (QED) is 0.239. The zero-order valence-electron chi connectivity index (χ0n) is 22.0. The molecule has 0 radical (unpaired) electrons. The number of nitrogens with zero attached hydrogens (tertiary/aromatic N) is 1. The first-order chi connectivity index (χ1) is 20.4. The van der Waals surface area contributed by atoms with Gasteiger partial charge in [-0.25, -0.2) is 0 Å². The minimum absolute atomic E-state index is 0.0411. The van der Waals surface area contributed by atoms with Crippen LogP contribution < -0.4 is 14.5 Å². The Morgan fingerprint density at radius 1 is 0.881 bits per heavy atom. The van der Waals surface area contributed by atoms with Gasteiger partial charge in [0, 0.05) is 26.1 Å². The number of rotatable bonds is 5. The van der Waals surface area contributed by atoms with Crippen molar-refractivity contribution in [1.29, 1.82) is 0 Å². The SMILES string of the molecule is O=C1[C@H]2[C@H]3C[C@@H]([C@@H]2C(=O)N1c1ccc(Cl)cc1)[C@H]1[C@H](c2ccc(OCc4cccc(Cl)c4)cc2)c2sc(=O)[nH]c2S[C@H]31.